The molecular weight excluding hydrogens is 316 g/mol. The van der Waals surface area contributed by atoms with Crippen molar-refractivity contribution >= 4 is 34.3 Å². The quantitative estimate of drug-likeness (QED) is 0.586. The van der Waals surface area contributed by atoms with Crippen molar-refractivity contribution in [1.29, 1.82) is 0 Å². The van der Waals surface area contributed by atoms with Gasteiger partial charge in [0.05, 0.1) is 5.52 Å². The number of H-pyrrole nitrogens is 1. The van der Waals surface area contributed by atoms with Crippen molar-refractivity contribution in [3.8, 4) is 0 Å². The Hall–Kier alpha value is -2.66. The molecule has 1 atom stereocenters. The molecule has 0 fully saturated rings. The van der Waals surface area contributed by atoms with Gasteiger partial charge in [0.15, 0.2) is 11.8 Å². The summed E-state index contributed by atoms with van der Waals surface area (Å²) < 4.78 is 5.24. The number of halogens is 1. The molecule has 23 heavy (non-hydrogen) atoms. The zero-order chi connectivity index (χ0) is 16.4. The fourth-order valence-corrected chi connectivity index (χ4v) is 2.46. The summed E-state index contributed by atoms with van der Waals surface area (Å²) in [5.74, 6) is -0.967. The van der Waals surface area contributed by atoms with Gasteiger partial charge in [0.2, 0.25) is 5.78 Å². The van der Waals surface area contributed by atoms with Crippen LogP contribution in [0.5, 0.6) is 0 Å². The van der Waals surface area contributed by atoms with E-state index in [1.165, 1.54) is 13.0 Å². The molecule has 1 unspecified atom stereocenters. The van der Waals surface area contributed by atoms with Gasteiger partial charge in [-0.2, -0.15) is 5.10 Å². The molecule has 0 aliphatic rings. The number of nitrogens with one attached hydrogen (secondary N) is 1. The third-order valence-corrected chi connectivity index (χ3v) is 3.66. The number of nitrogens with zero attached hydrogens (tertiary/aromatic N) is 1. The number of hydrogen-bond acceptors (Lipinski definition) is 4. The summed E-state index contributed by atoms with van der Waals surface area (Å²) in [4.78, 5) is 24.6. The lowest BCUT2D eigenvalue weighted by Gasteiger charge is -2.11. The SMILES string of the molecule is CC(OC(=O)c1n[nH]c2ccccc12)C(=O)c1cccc(Cl)c1. The molecular formula is C17H13ClN2O3. The Labute approximate surface area is 137 Å². The summed E-state index contributed by atoms with van der Waals surface area (Å²) in [6.07, 6.45) is -0.934. The number of Topliss-reactive ketones (excluding diaryl/α,β-unsaturated/α-hetero) is 1. The first kappa shape index (κ1) is 15.2. The van der Waals surface area contributed by atoms with Crippen molar-refractivity contribution in [3.63, 3.8) is 0 Å². The first-order valence-electron chi connectivity index (χ1n) is 7.00. The summed E-state index contributed by atoms with van der Waals surface area (Å²) in [7, 11) is 0. The van der Waals surface area contributed by atoms with Crippen LogP contribution in [-0.4, -0.2) is 28.1 Å². The number of ketones is 1. The average Bonchev–Trinajstić information content (AvgIpc) is 2.98. The third-order valence-electron chi connectivity index (χ3n) is 3.43. The van der Waals surface area contributed by atoms with Crippen molar-refractivity contribution in [2.75, 3.05) is 0 Å². The van der Waals surface area contributed by atoms with E-state index in [1.54, 1.807) is 36.4 Å². The molecule has 1 aromatic heterocycles. The van der Waals surface area contributed by atoms with Crippen LogP contribution in [0.4, 0.5) is 0 Å². The van der Waals surface area contributed by atoms with E-state index in [0.29, 0.717) is 16.0 Å². The fourth-order valence-electron chi connectivity index (χ4n) is 2.27. The maximum Gasteiger partial charge on any atom is 0.360 e. The van der Waals surface area contributed by atoms with Crippen molar-refractivity contribution < 1.29 is 14.3 Å². The first-order chi connectivity index (χ1) is 11.1. The molecule has 2 aromatic carbocycles. The van der Waals surface area contributed by atoms with E-state index in [9.17, 15) is 9.59 Å². The average molecular weight is 329 g/mol. The number of aromatic nitrogens is 2. The minimum Gasteiger partial charge on any atom is -0.449 e. The molecule has 0 spiro atoms. The predicted octanol–water partition coefficient (Wildman–Crippen LogP) is 3.64. The maximum absolute atomic E-state index is 12.3. The van der Waals surface area contributed by atoms with E-state index in [0.717, 1.165) is 5.52 Å². The van der Waals surface area contributed by atoms with Crippen LogP contribution in [0, 0.1) is 0 Å². The Morgan fingerprint density at radius 3 is 2.74 bits per heavy atom. The Bertz CT molecular complexity index is 888. The van der Waals surface area contributed by atoms with Crippen molar-refractivity contribution in [3.05, 3.63) is 64.8 Å². The number of benzene rings is 2. The molecule has 6 heteroatoms. The van der Waals surface area contributed by atoms with E-state index < -0.39 is 12.1 Å². The molecule has 0 saturated heterocycles. The smallest absolute Gasteiger partial charge is 0.360 e. The fraction of sp³-hybridized carbons (Fsp3) is 0.118. The van der Waals surface area contributed by atoms with Gasteiger partial charge in [-0.25, -0.2) is 4.79 Å². The van der Waals surface area contributed by atoms with Gasteiger partial charge in [0.1, 0.15) is 0 Å². The number of ether oxygens (including phenoxy) is 1. The molecule has 5 nitrogen and oxygen atoms in total. The molecule has 1 heterocycles. The summed E-state index contributed by atoms with van der Waals surface area (Å²) in [5.41, 5.74) is 1.28. The molecule has 0 amide bonds. The van der Waals surface area contributed by atoms with Crippen LogP contribution in [0.2, 0.25) is 5.02 Å². The zero-order valence-electron chi connectivity index (χ0n) is 12.2. The largest absolute Gasteiger partial charge is 0.449 e. The van der Waals surface area contributed by atoms with Crippen LogP contribution in [0.15, 0.2) is 48.5 Å². The summed E-state index contributed by atoms with van der Waals surface area (Å²) in [6, 6.07) is 13.7. The van der Waals surface area contributed by atoms with Crippen LogP contribution in [0.3, 0.4) is 0 Å². The van der Waals surface area contributed by atoms with E-state index in [4.69, 9.17) is 16.3 Å². The molecule has 0 saturated carbocycles. The highest BCUT2D eigenvalue weighted by Gasteiger charge is 2.23. The lowest BCUT2D eigenvalue weighted by molar-refractivity contribution is 0.0315. The van der Waals surface area contributed by atoms with Gasteiger partial charge in [0, 0.05) is 16.0 Å². The Balaban J connectivity index is 1.78. The minimum atomic E-state index is -0.934. The first-order valence-corrected chi connectivity index (χ1v) is 7.38. The second kappa shape index (κ2) is 6.22. The van der Waals surface area contributed by atoms with Crippen LogP contribution >= 0.6 is 11.6 Å². The van der Waals surface area contributed by atoms with Gasteiger partial charge >= 0.3 is 5.97 Å². The topological polar surface area (TPSA) is 72.0 Å². The number of carbonyl (C=O) groups is 2. The molecule has 116 valence electrons. The highest BCUT2D eigenvalue weighted by atomic mass is 35.5. The molecule has 3 rings (SSSR count). The van der Waals surface area contributed by atoms with Gasteiger partial charge in [-0.1, -0.05) is 41.9 Å². The van der Waals surface area contributed by atoms with Crippen LogP contribution < -0.4 is 0 Å². The predicted molar refractivity (Wildman–Crippen MR) is 86.8 cm³/mol. The van der Waals surface area contributed by atoms with Gasteiger partial charge in [0.25, 0.3) is 0 Å². The number of rotatable bonds is 4. The standard InChI is InChI=1S/C17H13ClN2O3/c1-10(16(21)11-5-4-6-12(18)9-11)23-17(22)15-13-7-2-3-8-14(13)19-20-15/h2-10H,1H3,(H,19,20). The second-order valence-electron chi connectivity index (χ2n) is 5.04. The molecule has 0 bridgehead atoms. The second-order valence-corrected chi connectivity index (χ2v) is 5.48. The number of fused-ring (bicyclic) bond motifs is 1. The van der Waals surface area contributed by atoms with Gasteiger partial charge in [-0.05, 0) is 25.1 Å². The molecule has 1 N–H and O–H groups in total. The molecule has 0 radical (unpaired) electrons. The molecule has 0 aliphatic heterocycles. The van der Waals surface area contributed by atoms with Crippen LogP contribution in [0.1, 0.15) is 27.8 Å². The maximum atomic E-state index is 12.3. The zero-order valence-corrected chi connectivity index (χ0v) is 13.0. The van der Waals surface area contributed by atoms with E-state index in [-0.39, 0.29) is 11.5 Å². The number of hydrogen-bond donors (Lipinski definition) is 1. The summed E-state index contributed by atoms with van der Waals surface area (Å²) >= 11 is 5.87. The molecule has 3 aromatic rings. The highest BCUT2D eigenvalue weighted by Crippen LogP contribution is 2.18. The van der Waals surface area contributed by atoms with Crippen molar-refractivity contribution in [2.45, 2.75) is 13.0 Å². The van der Waals surface area contributed by atoms with E-state index in [2.05, 4.69) is 10.2 Å². The van der Waals surface area contributed by atoms with Gasteiger partial charge in [-0.15, -0.1) is 0 Å². The summed E-state index contributed by atoms with van der Waals surface area (Å²) in [6.45, 7) is 1.52. The van der Waals surface area contributed by atoms with Crippen LogP contribution in [0.25, 0.3) is 10.9 Å². The Morgan fingerprint density at radius 2 is 1.96 bits per heavy atom. The minimum absolute atomic E-state index is 0.159. The molecule has 0 aliphatic carbocycles. The van der Waals surface area contributed by atoms with E-state index >= 15 is 0 Å². The number of carbonyl (C=O) groups excluding carboxylic acids is 2. The normalized spacial score (nSPS) is 12.1. The highest BCUT2D eigenvalue weighted by molar-refractivity contribution is 6.31. The monoisotopic (exact) mass is 328 g/mol. The van der Waals surface area contributed by atoms with Gasteiger partial charge < -0.3 is 4.74 Å². The summed E-state index contributed by atoms with van der Waals surface area (Å²) in [5, 5.41) is 7.82. The lowest BCUT2D eigenvalue weighted by atomic mass is 10.1. The Kier molecular flexibility index (Phi) is 4.12. The van der Waals surface area contributed by atoms with Gasteiger partial charge in [-0.3, -0.25) is 9.89 Å². The number of esters is 1. The van der Waals surface area contributed by atoms with Crippen molar-refractivity contribution in [2.24, 2.45) is 0 Å². The van der Waals surface area contributed by atoms with Crippen molar-refractivity contribution in [1.82, 2.24) is 10.2 Å². The third kappa shape index (κ3) is 3.10. The number of para-hydroxylation sites is 1. The van der Waals surface area contributed by atoms with E-state index in [1.807, 2.05) is 6.07 Å². The lowest BCUT2D eigenvalue weighted by Crippen LogP contribution is -2.24. The Morgan fingerprint density at radius 1 is 1.17 bits per heavy atom. The van der Waals surface area contributed by atoms with Crippen LogP contribution in [-0.2, 0) is 4.74 Å². The number of aromatic amines is 1.